The zero-order valence-corrected chi connectivity index (χ0v) is 16.2. The SMILES string of the molecule is COc1ccc(C)c(-n2c(=N)c3c(O)nc4ccccc4c4[nH]cnc2c34)c1C. The van der Waals surface area contributed by atoms with Gasteiger partial charge >= 0.3 is 0 Å². The van der Waals surface area contributed by atoms with Crippen molar-refractivity contribution in [2.24, 2.45) is 0 Å². The summed E-state index contributed by atoms with van der Waals surface area (Å²) in [5.41, 5.74) is 4.82. The van der Waals surface area contributed by atoms with Gasteiger partial charge in [-0.25, -0.2) is 9.97 Å². The van der Waals surface area contributed by atoms with Crippen LogP contribution in [0, 0.1) is 19.3 Å². The zero-order chi connectivity index (χ0) is 20.3. The second kappa shape index (κ2) is 6.07. The minimum absolute atomic E-state index is 0.127. The van der Waals surface area contributed by atoms with E-state index in [2.05, 4.69) is 15.0 Å². The van der Waals surface area contributed by atoms with E-state index in [1.807, 2.05) is 50.2 Å². The van der Waals surface area contributed by atoms with Crippen LogP contribution in [-0.2, 0) is 0 Å². The molecule has 0 saturated heterocycles. The molecule has 2 aromatic carbocycles. The molecule has 0 aliphatic rings. The smallest absolute Gasteiger partial charge is 0.223 e. The molecular weight excluding hydrogens is 366 g/mol. The monoisotopic (exact) mass is 385 g/mol. The first-order valence-corrected chi connectivity index (χ1v) is 9.21. The first kappa shape index (κ1) is 17.2. The molecule has 5 rings (SSSR count). The average molecular weight is 385 g/mol. The topological polar surface area (TPSA) is 99.8 Å². The number of para-hydroxylation sites is 1. The zero-order valence-electron chi connectivity index (χ0n) is 16.2. The predicted octanol–water partition coefficient (Wildman–Crippen LogP) is 3.87. The summed E-state index contributed by atoms with van der Waals surface area (Å²) in [5, 5.41) is 21.6. The van der Waals surface area contributed by atoms with Crippen molar-refractivity contribution >= 4 is 32.8 Å². The van der Waals surface area contributed by atoms with E-state index < -0.39 is 0 Å². The molecule has 0 bridgehead atoms. The van der Waals surface area contributed by atoms with Gasteiger partial charge in [0, 0.05) is 10.9 Å². The van der Waals surface area contributed by atoms with Crippen LogP contribution in [0.1, 0.15) is 11.1 Å². The number of fused-ring (bicyclic) bond motifs is 2. The molecule has 3 aromatic heterocycles. The Labute approximate surface area is 165 Å². The number of benzene rings is 2. The molecule has 0 amide bonds. The molecule has 0 fully saturated rings. The number of rotatable bonds is 2. The summed E-state index contributed by atoms with van der Waals surface area (Å²) in [4.78, 5) is 12.1. The number of aromatic hydroxyl groups is 1. The Hall–Kier alpha value is -3.87. The van der Waals surface area contributed by atoms with Gasteiger partial charge in [0.25, 0.3) is 0 Å². The summed E-state index contributed by atoms with van der Waals surface area (Å²) >= 11 is 0. The third kappa shape index (κ3) is 2.27. The molecule has 7 nitrogen and oxygen atoms in total. The van der Waals surface area contributed by atoms with Crippen LogP contribution in [0.2, 0.25) is 0 Å². The summed E-state index contributed by atoms with van der Waals surface area (Å²) in [5.74, 6) is 0.538. The lowest BCUT2D eigenvalue weighted by atomic mass is 10.1. The Morgan fingerprint density at radius 3 is 2.69 bits per heavy atom. The maximum Gasteiger partial charge on any atom is 0.223 e. The number of ether oxygens (including phenoxy) is 1. The lowest BCUT2D eigenvalue weighted by Crippen LogP contribution is -2.16. The van der Waals surface area contributed by atoms with Crippen molar-refractivity contribution in [1.29, 1.82) is 5.41 Å². The lowest BCUT2D eigenvalue weighted by Gasteiger charge is -2.15. The Kier molecular flexibility index (Phi) is 3.61. The molecule has 144 valence electrons. The highest BCUT2D eigenvalue weighted by Gasteiger charge is 2.22. The Balaban J connectivity index is 2.07. The second-order valence-electron chi connectivity index (χ2n) is 7.05. The normalized spacial score (nSPS) is 11.6. The lowest BCUT2D eigenvalue weighted by molar-refractivity contribution is 0.411. The summed E-state index contributed by atoms with van der Waals surface area (Å²) in [6.45, 7) is 3.94. The number of hydrogen-bond acceptors (Lipinski definition) is 5. The van der Waals surface area contributed by atoms with Crippen LogP contribution in [0.15, 0.2) is 42.7 Å². The second-order valence-corrected chi connectivity index (χ2v) is 7.05. The molecule has 0 atom stereocenters. The van der Waals surface area contributed by atoms with Gasteiger partial charge in [-0.05, 0) is 31.5 Å². The van der Waals surface area contributed by atoms with Gasteiger partial charge in [0.2, 0.25) is 5.88 Å². The van der Waals surface area contributed by atoms with Gasteiger partial charge < -0.3 is 14.8 Å². The van der Waals surface area contributed by atoms with E-state index in [1.54, 1.807) is 18.0 Å². The number of methoxy groups -OCH3 is 1. The number of aryl methyl sites for hydroxylation is 1. The number of nitrogens with zero attached hydrogens (tertiary/aromatic N) is 3. The molecule has 0 aliphatic heterocycles. The summed E-state index contributed by atoms with van der Waals surface area (Å²) in [7, 11) is 1.63. The minimum Gasteiger partial charge on any atom is -0.496 e. The first-order valence-electron chi connectivity index (χ1n) is 9.21. The molecule has 5 aromatic rings. The van der Waals surface area contributed by atoms with Crippen molar-refractivity contribution in [2.45, 2.75) is 13.8 Å². The van der Waals surface area contributed by atoms with Gasteiger partial charge in [0.15, 0.2) is 5.65 Å². The van der Waals surface area contributed by atoms with Crippen molar-refractivity contribution < 1.29 is 9.84 Å². The van der Waals surface area contributed by atoms with Crippen LogP contribution in [0.4, 0.5) is 0 Å². The van der Waals surface area contributed by atoms with Crippen molar-refractivity contribution in [3.63, 3.8) is 0 Å². The molecule has 0 unspecified atom stereocenters. The van der Waals surface area contributed by atoms with Crippen molar-refractivity contribution in [1.82, 2.24) is 19.5 Å². The van der Waals surface area contributed by atoms with Gasteiger partial charge in [0.1, 0.15) is 11.2 Å². The fourth-order valence-corrected chi connectivity index (χ4v) is 4.13. The maximum absolute atomic E-state index is 10.8. The Morgan fingerprint density at radius 2 is 1.90 bits per heavy atom. The summed E-state index contributed by atoms with van der Waals surface area (Å²) < 4.78 is 7.26. The van der Waals surface area contributed by atoms with Crippen LogP contribution in [0.3, 0.4) is 0 Å². The van der Waals surface area contributed by atoms with Gasteiger partial charge in [-0.3, -0.25) is 9.98 Å². The van der Waals surface area contributed by atoms with Gasteiger partial charge in [-0.2, -0.15) is 0 Å². The number of nitrogens with one attached hydrogen (secondary N) is 2. The molecule has 3 heterocycles. The predicted molar refractivity (Wildman–Crippen MR) is 112 cm³/mol. The van der Waals surface area contributed by atoms with E-state index in [9.17, 15) is 5.11 Å². The number of aromatic amines is 1. The summed E-state index contributed by atoms with van der Waals surface area (Å²) in [6.07, 6.45) is 1.61. The van der Waals surface area contributed by atoms with Crippen LogP contribution >= 0.6 is 0 Å². The molecule has 0 radical (unpaired) electrons. The molecule has 0 aliphatic carbocycles. The highest BCUT2D eigenvalue weighted by molar-refractivity contribution is 6.16. The summed E-state index contributed by atoms with van der Waals surface area (Å²) in [6, 6.07) is 11.4. The molecule has 0 saturated carbocycles. The van der Waals surface area contributed by atoms with Gasteiger partial charge in [-0.1, -0.05) is 24.3 Å². The third-order valence-corrected chi connectivity index (χ3v) is 5.44. The van der Waals surface area contributed by atoms with E-state index in [1.165, 1.54) is 0 Å². The van der Waals surface area contributed by atoms with Crippen LogP contribution in [0.25, 0.3) is 38.5 Å². The average Bonchev–Trinajstić information content (AvgIpc) is 2.93. The van der Waals surface area contributed by atoms with Crippen LogP contribution in [0.5, 0.6) is 11.6 Å². The first-order chi connectivity index (χ1) is 14.0. The maximum atomic E-state index is 10.8. The van der Waals surface area contributed by atoms with Crippen molar-refractivity contribution in [3.05, 3.63) is 59.3 Å². The van der Waals surface area contributed by atoms with Crippen LogP contribution < -0.4 is 10.2 Å². The van der Waals surface area contributed by atoms with Crippen molar-refractivity contribution in [3.8, 4) is 17.3 Å². The number of H-pyrrole nitrogens is 1. The fourth-order valence-electron chi connectivity index (χ4n) is 4.13. The van der Waals surface area contributed by atoms with E-state index >= 15 is 0 Å². The Bertz CT molecular complexity index is 1500. The molecule has 0 spiro atoms. The quantitative estimate of drug-likeness (QED) is 0.429. The highest BCUT2D eigenvalue weighted by atomic mass is 16.5. The minimum atomic E-state index is -0.190. The molecule has 3 N–H and O–H groups in total. The van der Waals surface area contributed by atoms with Crippen molar-refractivity contribution in [2.75, 3.05) is 7.11 Å². The van der Waals surface area contributed by atoms with Gasteiger partial charge in [-0.15, -0.1) is 0 Å². The fraction of sp³-hybridized carbons (Fsp3) is 0.136. The van der Waals surface area contributed by atoms with E-state index in [4.69, 9.17) is 10.1 Å². The van der Waals surface area contributed by atoms with Crippen LogP contribution in [-0.4, -0.2) is 31.7 Å². The molecule has 7 heteroatoms. The molecular formula is C22H19N5O2. The van der Waals surface area contributed by atoms with E-state index in [0.717, 1.165) is 33.5 Å². The highest BCUT2D eigenvalue weighted by Crippen LogP contribution is 2.35. The standard InChI is InChI=1S/C22H19N5O2/c1-11-8-9-15(29-3)12(2)19(11)27-20(23)17-16-18(24-10-25-21(16)27)13-6-4-5-7-14(13)26-22(17)28/h4-10,23,28H,1-3H3,(H,24,25). The largest absolute Gasteiger partial charge is 0.496 e. The number of aromatic nitrogens is 4. The van der Waals surface area contributed by atoms with E-state index in [0.29, 0.717) is 21.9 Å². The Morgan fingerprint density at radius 1 is 1.10 bits per heavy atom. The number of hydrogen-bond donors (Lipinski definition) is 3. The third-order valence-electron chi connectivity index (χ3n) is 5.44. The van der Waals surface area contributed by atoms with E-state index in [-0.39, 0.29) is 11.4 Å². The molecule has 29 heavy (non-hydrogen) atoms. The van der Waals surface area contributed by atoms with Gasteiger partial charge in [0.05, 0.1) is 40.9 Å².